The Morgan fingerprint density at radius 3 is 2.93 bits per heavy atom. The fraction of sp³-hybridized carbons (Fsp3) is 0.300. The number of halogens is 1. The van der Waals surface area contributed by atoms with Gasteiger partial charge >= 0.3 is 0 Å². The maximum atomic E-state index is 10.2. The normalized spacial score (nSPS) is 12.2. The predicted octanol–water partition coefficient (Wildman–Crippen LogP) is 2.08. The lowest BCUT2D eigenvalue weighted by molar-refractivity contribution is -0.109. The molecule has 0 aliphatic rings. The largest absolute Gasteiger partial charge is 0.497 e. The van der Waals surface area contributed by atoms with Gasteiger partial charge in [0, 0.05) is 10.9 Å². The number of hydrogen-bond donors (Lipinski definition) is 1. The molecule has 76 valence electrons. The van der Waals surface area contributed by atoms with E-state index < -0.39 is 6.10 Å². The van der Waals surface area contributed by atoms with Crippen LogP contribution >= 0.6 is 15.9 Å². The summed E-state index contributed by atoms with van der Waals surface area (Å²) in [5.41, 5.74) is 0.663. The van der Waals surface area contributed by atoms with Crippen molar-refractivity contribution < 1.29 is 14.6 Å². The number of aldehydes is 1. The third kappa shape index (κ3) is 2.56. The maximum absolute atomic E-state index is 10.2. The summed E-state index contributed by atoms with van der Waals surface area (Å²) in [4.78, 5) is 10.2. The zero-order valence-electron chi connectivity index (χ0n) is 7.74. The highest BCUT2D eigenvalue weighted by molar-refractivity contribution is 9.10. The van der Waals surface area contributed by atoms with Crippen molar-refractivity contribution in [3.05, 3.63) is 28.2 Å². The van der Waals surface area contributed by atoms with Crippen LogP contribution in [0.3, 0.4) is 0 Å². The van der Waals surface area contributed by atoms with Gasteiger partial charge in [-0.3, -0.25) is 0 Å². The molecule has 0 fully saturated rings. The first-order valence-electron chi connectivity index (χ1n) is 4.14. The topological polar surface area (TPSA) is 46.5 Å². The van der Waals surface area contributed by atoms with Crippen molar-refractivity contribution in [1.29, 1.82) is 0 Å². The van der Waals surface area contributed by atoms with Gasteiger partial charge in [0.25, 0.3) is 0 Å². The van der Waals surface area contributed by atoms with E-state index in [0.717, 1.165) is 4.47 Å². The Hall–Kier alpha value is -0.870. The van der Waals surface area contributed by atoms with E-state index in [1.165, 1.54) is 0 Å². The Morgan fingerprint density at radius 2 is 2.36 bits per heavy atom. The average molecular weight is 259 g/mol. The minimum atomic E-state index is -0.781. The van der Waals surface area contributed by atoms with Gasteiger partial charge in [-0.25, -0.2) is 0 Å². The van der Waals surface area contributed by atoms with Gasteiger partial charge in [0.2, 0.25) is 0 Å². The molecule has 3 nitrogen and oxygen atoms in total. The van der Waals surface area contributed by atoms with E-state index in [9.17, 15) is 9.90 Å². The Morgan fingerprint density at radius 1 is 1.64 bits per heavy atom. The van der Waals surface area contributed by atoms with Crippen molar-refractivity contribution in [3.8, 4) is 5.75 Å². The Labute approximate surface area is 90.8 Å². The number of carbonyl (C=O) groups is 1. The number of methoxy groups -OCH3 is 1. The standard InChI is InChI=1S/C10H11BrO3/c1-14-7-2-3-9(11)8(6-7)10(13)4-5-12/h2-3,5-6,10,13H,4H2,1H3. The quantitative estimate of drug-likeness (QED) is 0.842. The zero-order chi connectivity index (χ0) is 10.6. The highest BCUT2D eigenvalue weighted by atomic mass is 79.9. The molecule has 1 N–H and O–H groups in total. The minimum absolute atomic E-state index is 0.0891. The predicted molar refractivity (Wildman–Crippen MR) is 56.3 cm³/mol. The van der Waals surface area contributed by atoms with E-state index in [2.05, 4.69) is 15.9 Å². The smallest absolute Gasteiger partial charge is 0.122 e. The maximum Gasteiger partial charge on any atom is 0.122 e. The summed E-state index contributed by atoms with van der Waals surface area (Å²) in [5, 5.41) is 9.60. The van der Waals surface area contributed by atoms with Gasteiger partial charge in [0.05, 0.1) is 13.2 Å². The molecule has 4 heteroatoms. The molecule has 0 spiro atoms. The van der Waals surface area contributed by atoms with Crippen LogP contribution in [-0.2, 0) is 4.79 Å². The SMILES string of the molecule is COc1ccc(Br)c(C(O)CC=O)c1. The summed E-state index contributed by atoms with van der Waals surface area (Å²) in [5.74, 6) is 0.660. The third-order valence-electron chi connectivity index (χ3n) is 1.88. The molecule has 14 heavy (non-hydrogen) atoms. The molecule has 0 radical (unpaired) electrons. The molecule has 0 bridgehead atoms. The molecule has 0 aliphatic carbocycles. The third-order valence-corrected chi connectivity index (χ3v) is 2.60. The number of aliphatic hydroxyl groups excluding tert-OH is 1. The van der Waals surface area contributed by atoms with Gasteiger partial charge in [-0.1, -0.05) is 15.9 Å². The van der Waals surface area contributed by atoms with E-state index in [0.29, 0.717) is 17.6 Å². The average Bonchev–Trinajstić information content (AvgIpc) is 2.19. The first kappa shape index (κ1) is 11.2. The number of benzene rings is 1. The first-order valence-corrected chi connectivity index (χ1v) is 4.93. The summed E-state index contributed by atoms with van der Waals surface area (Å²) in [6.45, 7) is 0. The van der Waals surface area contributed by atoms with Gasteiger partial charge in [-0.2, -0.15) is 0 Å². The molecule has 0 aromatic heterocycles. The number of hydrogen-bond acceptors (Lipinski definition) is 3. The Bertz CT molecular complexity index is 325. The van der Waals surface area contributed by atoms with Crippen molar-refractivity contribution >= 4 is 22.2 Å². The fourth-order valence-corrected chi connectivity index (χ4v) is 1.63. The van der Waals surface area contributed by atoms with Crippen LogP contribution < -0.4 is 4.74 Å². The monoisotopic (exact) mass is 258 g/mol. The first-order chi connectivity index (χ1) is 6.69. The van der Waals surface area contributed by atoms with E-state index in [-0.39, 0.29) is 6.42 Å². The van der Waals surface area contributed by atoms with Crippen molar-refractivity contribution in [2.45, 2.75) is 12.5 Å². The molecule has 0 aliphatic heterocycles. The van der Waals surface area contributed by atoms with Gasteiger partial charge in [0.15, 0.2) is 0 Å². The van der Waals surface area contributed by atoms with E-state index in [1.807, 2.05) is 0 Å². The fourth-order valence-electron chi connectivity index (χ4n) is 1.12. The van der Waals surface area contributed by atoms with Gasteiger partial charge in [0.1, 0.15) is 12.0 Å². The van der Waals surface area contributed by atoms with Crippen LogP contribution in [0.2, 0.25) is 0 Å². The van der Waals surface area contributed by atoms with Crippen LogP contribution in [0.25, 0.3) is 0 Å². The van der Waals surface area contributed by atoms with Crippen LogP contribution in [0.1, 0.15) is 18.1 Å². The second-order valence-electron chi connectivity index (χ2n) is 2.81. The lowest BCUT2D eigenvalue weighted by atomic mass is 10.1. The van der Waals surface area contributed by atoms with E-state index in [4.69, 9.17) is 4.74 Å². The second-order valence-corrected chi connectivity index (χ2v) is 3.66. The number of carbonyl (C=O) groups excluding carboxylic acids is 1. The highest BCUT2D eigenvalue weighted by Crippen LogP contribution is 2.28. The Balaban J connectivity index is 2.98. The molecule has 0 saturated heterocycles. The molecule has 1 rings (SSSR count). The molecule has 0 amide bonds. The minimum Gasteiger partial charge on any atom is -0.497 e. The number of rotatable bonds is 4. The van der Waals surface area contributed by atoms with Crippen LogP contribution in [0.15, 0.2) is 22.7 Å². The van der Waals surface area contributed by atoms with Gasteiger partial charge in [-0.15, -0.1) is 0 Å². The lowest BCUT2D eigenvalue weighted by Crippen LogP contribution is -1.99. The summed E-state index contributed by atoms with van der Waals surface area (Å²) >= 11 is 3.30. The van der Waals surface area contributed by atoms with E-state index in [1.54, 1.807) is 25.3 Å². The van der Waals surface area contributed by atoms with E-state index >= 15 is 0 Å². The lowest BCUT2D eigenvalue weighted by Gasteiger charge is -2.11. The van der Waals surface area contributed by atoms with Crippen LogP contribution in [0.5, 0.6) is 5.75 Å². The molecular formula is C10H11BrO3. The van der Waals surface area contributed by atoms with Crippen molar-refractivity contribution in [3.63, 3.8) is 0 Å². The number of ether oxygens (including phenoxy) is 1. The number of aliphatic hydroxyl groups is 1. The van der Waals surface area contributed by atoms with Gasteiger partial charge in [-0.05, 0) is 23.8 Å². The highest BCUT2D eigenvalue weighted by Gasteiger charge is 2.11. The summed E-state index contributed by atoms with van der Waals surface area (Å²) < 4.78 is 5.79. The molecule has 0 heterocycles. The summed E-state index contributed by atoms with van der Waals surface area (Å²) in [6, 6.07) is 5.27. The van der Waals surface area contributed by atoms with Crippen molar-refractivity contribution in [1.82, 2.24) is 0 Å². The van der Waals surface area contributed by atoms with Crippen LogP contribution in [-0.4, -0.2) is 18.5 Å². The van der Waals surface area contributed by atoms with Crippen LogP contribution in [0.4, 0.5) is 0 Å². The molecule has 1 atom stereocenters. The van der Waals surface area contributed by atoms with Crippen molar-refractivity contribution in [2.75, 3.05) is 7.11 Å². The second kappa shape index (κ2) is 5.12. The molecular weight excluding hydrogens is 248 g/mol. The zero-order valence-corrected chi connectivity index (χ0v) is 9.32. The molecule has 0 saturated carbocycles. The van der Waals surface area contributed by atoms with Crippen LogP contribution in [0, 0.1) is 0 Å². The molecule has 1 unspecified atom stereocenters. The Kier molecular flexibility index (Phi) is 4.10. The molecule has 1 aromatic carbocycles. The summed E-state index contributed by atoms with van der Waals surface area (Å²) in [6.07, 6.45) is -0.000469. The molecule has 1 aromatic rings. The van der Waals surface area contributed by atoms with Gasteiger partial charge < -0.3 is 14.6 Å². The summed E-state index contributed by atoms with van der Waals surface area (Å²) in [7, 11) is 1.55. The van der Waals surface area contributed by atoms with Crippen molar-refractivity contribution in [2.24, 2.45) is 0 Å².